The van der Waals surface area contributed by atoms with E-state index in [1.807, 2.05) is 13.2 Å². The summed E-state index contributed by atoms with van der Waals surface area (Å²) in [7, 11) is -3.34. The number of hydrogen-bond acceptors (Lipinski definition) is 4. The molecule has 0 aromatic heterocycles. The van der Waals surface area contributed by atoms with Gasteiger partial charge in [-0.3, -0.25) is 4.79 Å². The van der Waals surface area contributed by atoms with Gasteiger partial charge in [0.15, 0.2) is 0 Å². The number of carboxylic acid groups (broad SMARTS) is 1. The molecule has 0 amide bonds. The molecule has 0 spiro atoms. The minimum atomic E-state index is -3.34. The first kappa shape index (κ1) is 15.7. The molecule has 2 N–H and O–H groups in total. The molecule has 16 heavy (non-hydrogen) atoms. The standard InChI is InChI=1S/C9H19NO4S2/c1-3-8(7-15-2)10-16(13,14)6-4-5-9(11)12/h8,10H,3-7H2,1-2H3,(H,11,12). The molecule has 0 aromatic carbocycles. The Morgan fingerprint density at radius 2 is 2.12 bits per heavy atom. The Balaban J connectivity index is 4.07. The van der Waals surface area contributed by atoms with Gasteiger partial charge in [-0.15, -0.1) is 0 Å². The molecular weight excluding hydrogens is 250 g/mol. The van der Waals surface area contributed by atoms with Crippen LogP contribution in [0.3, 0.4) is 0 Å². The highest BCUT2D eigenvalue weighted by Crippen LogP contribution is 2.04. The molecule has 0 aliphatic carbocycles. The predicted molar refractivity (Wildman–Crippen MR) is 66.3 cm³/mol. The summed E-state index contributed by atoms with van der Waals surface area (Å²) in [6, 6.07) is -0.0650. The molecule has 5 nitrogen and oxygen atoms in total. The van der Waals surface area contributed by atoms with Gasteiger partial charge < -0.3 is 5.11 Å². The Hall–Kier alpha value is -0.270. The van der Waals surface area contributed by atoms with E-state index in [2.05, 4.69) is 4.72 Å². The van der Waals surface area contributed by atoms with Crippen LogP contribution in [0, 0.1) is 0 Å². The SMILES string of the molecule is CCC(CSC)NS(=O)(=O)CCCC(=O)O. The van der Waals surface area contributed by atoms with Crippen LogP contribution in [0.5, 0.6) is 0 Å². The second-order valence-electron chi connectivity index (χ2n) is 3.49. The van der Waals surface area contributed by atoms with Gasteiger partial charge in [0, 0.05) is 18.2 Å². The molecule has 0 aromatic rings. The number of carboxylic acids is 1. The molecule has 0 fully saturated rings. The summed E-state index contributed by atoms with van der Waals surface area (Å²) in [5.41, 5.74) is 0. The zero-order chi connectivity index (χ0) is 12.6. The van der Waals surface area contributed by atoms with Crippen molar-refractivity contribution in [1.29, 1.82) is 0 Å². The van der Waals surface area contributed by atoms with E-state index >= 15 is 0 Å². The maximum absolute atomic E-state index is 11.5. The third-order valence-electron chi connectivity index (χ3n) is 2.01. The van der Waals surface area contributed by atoms with Gasteiger partial charge >= 0.3 is 5.97 Å². The summed E-state index contributed by atoms with van der Waals surface area (Å²) in [5, 5.41) is 8.40. The summed E-state index contributed by atoms with van der Waals surface area (Å²) in [6.45, 7) is 1.92. The molecule has 0 aliphatic rings. The van der Waals surface area contributed by atoms with Crippen molar-refractivity contribution >= 4 is 27.8 Å². The van der Waals surface area contributed by atoms with Crippen molar-refractivity contribution in [3.05, 3.63) is 0 Å². The van der Waals surface area contributed by atoms with Crippen LogP contribution in [0.4, 0.5) is 0 Å². The molecule has 0 heterocycles. The third kappa shape index (κ3) is 7.95. The zero-order valence-corrected chi connectivity index (χ0v) is 11.2. The molecular formula is C9H19NO4S2. The maximum atomic E-state index is 11.5. The normalized spacial score (nSPS) is 13.6. The summed E-state index contributed by atoms with van der Waals surface area (Å²) in [6.07, 6.45) is 2.70. The van der Waals surface area contributed by atoms with E-state index in [9.17, 15) is 13.2 Å². The molecule has 1 unspecified atom stereocenters. The monoisotopic (exact) mass is 269 g/mol. The molecule has 1 atom stereocenters. The van der Waals surface area contributed by atoms with Crippen LogP contribution in [0.1, 0.15) is 26.2 Å². The van der Waals surface area contributed by atoms with E-state index in [0.717, 1.165) is 12.2 Å². The largest absolute Gasteiger partial charge is 0.481 e. The lowest BCUT2D eigenvalue weighted by molar-refractivity contribution is -0.137. The summed E-state index contributed by atoms with van der Waals surface area (Å²) in [5.74, 6) is -0.356. The Morgan fingerprint density at radius 1 is 1.50 bits per heavy atom. The molecule has 0 bridgehead atoms. The highest BCUT2D eigenvalue weighted by Gasteiger charge is 2.16. The van der Waals surface area contributed by atoms with Crippen LogP contribution in [0.25, 0.3) is 0 Å². The number of rotatable bonds is 9. The Kier molecular flexibility index (Phi) is 7.78. The van der Waals surface area contributed by atoms with E-state index in [-0.39, 0.29) is 24.6 Å². The second-order valence-corrected chi connectivity index (χ2v) is 6.28. The first-order valence-corrected chi connectivity index (χ1v) is 8.16. The first-order valence-electron chi connectivity index (χ1n) is 5.12. The van der Waals surface area contributed by atoms with Crippen molar-refractivity contribution in [3.63, 3.8) is 0 Å². The first-order chi connectivity index (χ1) is 7.41. The van der Waals surface area contributed by atoms with Crippen molar-refractivity contribution < 1.29 is 18.3 Å². The molecule has 96 valence electrons. The predicted octanol–water partition coefficient (Wildman–Crippen LogP) is 0.912. The topological polar surface area (TPSA) is 83.5 Å². The van der Waals surface area contributed by atoms with Crippen molar-refractivity contribution in [1.82, 2.24) is 4.72 Å². The van der Waals surface area contributed by atoms with E-state index < -0.39 is 16.0 Å². The molecule has 0 rings (SSSR count). The van der Waals surface area contributed by atoms with Gasteiger partial charge in [0.1, 0.15) is 0 Å². The average molecular weight is 269 g/mol. The minimum absolute atomic E-state index is 0.0650. The van der Waals surface area contributed by atoms with Gasteiger partial charge in [0.25, 0.3) is 0 Å². The highest BCUT2D eigenvalue weighted by molar-refractivity contribution is 7.98. The minimum Gasteiger partial charge on any atom is -0.481 e. The molecule has 0 saturated heterocycles. The lowest BCUT2D eigenvalue weighted by atomic mass is 10.3. The van der Waals surface area contributed by atoms with Crippen molar-refractivity contribution in [2.75, 3.05) is 17.8 Å². The van der Waals surface area contributed by atoms with Gasteiger partial charge in [-0.2, -0.15) is 11.8 Å². The van der Waals surface area contributed by atoms with Crippen molar-refractivity contribution in [3.8, 4) is 0 Å². The molecule has 7 heteroatoms. The highest BCUT2D eigenvalue weighted by atomic mass is 32.2. The zero-order valence-electron chi connectivity index (χ0n) is 9.60. The van der Waals surface area contributed by atoms with Gasteiger partial charge in [0.05, 0.1) is 5.75 Å². The number of thioether (sulfide) groups is 1. The number of hydrogen-bond donors (Lipinski definition) is 2. The summed E-state index contributed by atoms with van der Waals surface area (Å²) in [4.78, 5) is 10.2. The molecule has 0 radical (unpaired) electrons. The molecule has 0 aliphatic heterocycles. The van der Waals surface area contributed by atoms with Crippen molar-refractivity contribution in [2.45, 2.75) is 32.2 Å². The Bertz CT molecular complexity index is 303. The lowest BCUT2D eigenvalue weighted by Gasteiger charge is -2.15. The van der Waals surface area contributed by atoms with Gasteiger partial charge in [-0.1, -0.05) is 6.92 Å². The molecule has 0 saturated carbocycles. The summed E-state index contributed by atoms with van der Waals surface area (Å²) >= 11 is 1.58. The van der Waals surface area contributed by atoms with Crippen LogP contribution in [0.15, 0.2) is 0 Å². The van der Waals surface area contributed by atoms with Crippen LogP contribution in [-0.2, 0) is 14.8 Å². The van der Waals surface area contributed by atoms with E-state index in [1.165, 1.54) is 0 Å². The average Bonchev–Trinajstić information content (AvgIpc) is 2.15. The Labute approximate surface area is 101 Å². The van der Waals surface area contributed by atoms with Gasteiger partial charge in [-0.25, -0.2) is 13.1 Å². The Morgan fingerprint density at radius 3 is 2.56 bits per heavy atom. The fourth-order valence-corrected chi connectivity index (χ4v) is 3.39. The van der Waals surface area contributed by atoms with Crippen LogP contribution in [-0.4, -0.2) is 43.3 Å². The third-order valence-corrected chi connectivity index (χ3v) is 4.26. The van der Waals surface area contributed by atoms with E-state index in [1.54, 1.807) is 11.8 Å². The van der Waals surface area contributed by atoms with Gasteiger partial charge in [0.2, 0.25) is 10.0 Å². The smallest absolute Gasteiger partial charge is 0.303 e. The van der Waals surface area contributed by atoms with Crippen molar-refractivity contribution in [2.24, 2.45) is 0 Å². The quantitative estimate of drug-likeness (QED) is 0.650. The van der Waals surface area contributed by atoms with Crippen LogP contribution >= 0.6 is 11.8 Å². The van der Waals surface area contributed by atoms with E-state index in [0.29, 0.717) is 0 Å². The maximum Gasteiger partial charge on any atom is 0.303 e. The lowest BCUT2D eigenvalue weighted by Crippen LogP contribution is -2.37. The summed E-state index contributed by atoms with van der Waals surface area (Å²) < 4.78 is 25.7. The second kappa shape index (κ2) is 7.92. The number of carbonyl (C=O) groups is 1. The fraction of sp³-hybridized carbons (Fsp3) is 0.889. The van der Waals surface area contributed by atoms with E-state index in [4.69, 9.17) is 5.11 Å². The van der Waals surface area contributed by atoms with Crippen LogP contribution < -0.4 is 4.72 Å². The van der Waals surface area contributed by atoms with Crippen LogP contribution in [0.2, 0.25) is 0 Å². The number of aliphatic carboxylic acids is 1. The fourth-order valence-electron chi connectivity index (χ4n) is 1.16. The number of sulfonamides is 1. The number of nitrogens with one attached hydrogen (secondary N) is 1. The van der Waals surface area contributed by atoms with Gasteiger partial charge in [-0.05, 0) is 19.1 Å².